The van der Waals surface area contributed by atoms with Crippen LogP contribution < -0.4 is 19.5 Å². The maximum atomic E-state index is 8.95. The number of aliphatic hydroxyl groups is 1. The van der Waals surface area contributed by atoms with E-state index >= 15 is 0 Å². The number of ether oxygens (including phenoxy) is 3. The van der Waals surface area contributed by atoms with Gasteiger partial charge in [0, 0.05) is 32.5 Å². The normalized spacial score (nSPS) is 14.9. The van der Waals surface area contributed by atoms with Crippen molar-refractivity contribution in [2.24, 2.45) is 4.99 Å². The second kappa shape index (κ2) is 12.1. The minimum Gasteiger partial charge on any atom is -0.493 e. The van der Waals surface area contributed by atoms with E-state index in [9.17, 15) is 0 Å². The largest absolute Gasteiger partial charge is 0.493 e. The number of hydrogen-bond acceptors (Lipinski definition) is 5. The van der Waals surface area contributed by atoms with Crippen LogP contribution in [0.4, 0.5) is 0 Å². The maximum Gasteiger partial charge on any atom is 0.194 e. The van der Waals surface area contributed by atoms with Gasteiger partial charge in [0.15, 0.2) is 17.5 Å². The van der Waals surface area contributed by atoms with E-state index in [2.05, 4.69) is 17.1 Å². The lowest BCUT2D eigenvalue weighted by molar-refractivity contribution is 0.129. The minimum atomic E-state index is -0.0334. The Balaban J connectivity index is 1.59. The van der Waals surface area contributed by atoms with Gasteiger partial charge < -0.3 is 29.5 Å². The van der Waals surface area contributed by atoms with Gasteiger partial charge >= 0.3 is 0 Å². The number of benzene rings is 2. The number of guanidine groups is 1. The van der Waals surface area contributed by atoms with Crippen molar-refractivity contribution in [2.45, 2.75) is 32.4 Å². The van der Waals surface area contributed by atoms with Gasteiger partial charge in [0.25, 0.3) is 0 Å². The van der Waals surface area contributed by atoms with Gasteiger partial charge in [-0.15, -0.1) is 0 Å². The Morgan fingerprint density at radius 3 is 2.58 bits per heavy atom. The summed E-state index contributed by atoms with van der Waals surface area (Å²) >= 11 is 0. The highest BCUT2D eigenvalue weighted by Crippen LogP contribution is 2.28. The summed E-state index contributed by atoms with van der Waals surface area (Å²) in [6.07, 6.45) is 2.16. The molecule has 2 aromatic carbocycles. The second-order valence-corrected chi connectivity index (χ2v) is 7.34. The molecule has 3 rings (SSSR count). The summed E-state index contributed by atoms with van der Waals surface area (Å²) in [4.78, 5) is 7.13. The van der Waals surface area contributed by atoms with E-state index in [1.807, 2.05) is 48.5 Å². The lowest BCUT2D eigenvalue weighted by Gasteiger charge is -2.34. The first kappa shape index (κ1) is 22.7. The zero-order chi connectivity index (χ0) is 21.9. The number of methoxy groups -OCH3 is 1. The monoisotopic (exact) mass is 427 g/mol. The summed E-state index contributed by atoms with van der Waals surface area (Å²) in [5, 5.41) is 12.4. The van der Waals surface area contributed by atoms with Crippen LogP contribution in [-0.2, 0) is 6.54 Å². The highest BCUT2D eigenvalue weighted by Gasteiger charge is 2.22. The van der Waals surface area contributed by atoms with E-state index in [1.54, 1.807) is 7.11 Å². The summed E-state index contributed by atoms with van der Waals surface area (Å²) in [6, 6.07) is 15.8. The molecular formula is C24H33N3O4. The predicted molar refractivity (Wildman–Crippen MR) is 122 cm³/mol. The fourth-order valence-electron chi connectivity index (χ4n) is 3.55. The van der Waals surface area contributed by atoms with Crippen LogP contribution in [0.2, 0.25) is 0 Å². The molecule has 0 aromatic heterocycles. The topological polar surface area (TPSA) is 75.6 Å². The Labute approximate surface area is 184 Å². The van der Waals surface area contributed by atoms with Crippen LogP contribution >= 0.6 is 0 Å². The third kappa shape index (κ3) is 6.79. The lowest BCUT2D eigenvalue weighted by atomic mass is 10.1. The molecule has 2 N–H and O–H groups in total. The number of para-hydroxylation sites is 1. The van der Waals surface area contributed by atoms with E-state index in [4.69, 9.17) is 24.3 Å². The molecular weight excluding hydrogens is 394 g/mol. The smallest absolute Gasteiger partial charge is 0.194 e. The Morgan fingerprint density at radius 2 is 1.90 bits per heavy atom. The molecule has 31 heavy (non-hydrogen) atoms. The van der Waals surface area contributed by atoms with Crippen LogP contribution in [0.3, 0.4) is 0 Å². The number of hydrogen-bond donors (Lipinski definition) is 2. The molecule has 1 aliphatic heterocycles. The number of nitrogens with zero attached hydrogens (tertiary/aromatic N) is 2. The molecule has 7 heteroatoms. The summed E-state index contributed by atoms with van der Waals surface area (Å²) in [6.45, 7) is 5.45. The van der Waals surface area contributed by atoms with Crippen LogP contribution in [0.25, 0.3) is 0 Å². The maximum absolute atomic E-state index is 8.95. The van der Waals surface area contributed by atoms with Crippen molar-refractivity contribution in [1.29, 1.82) is 0 Å². The van der Waals surface area contributed by atoms with E-state index in [0.29, 0.717) is 18.0 Å². The Kier molecular flexibility index (Phi) is 8.84. The number of aliphatic imine (C=N–C) groups is 1. The first-order valence-corrected chi connectivity index (χ1v) is 10.9. The van der Waals surface area contributed by atoms with Gasteiger partial charge in [-0.25, -0.2) is 4.99 Å². The number of likely N-dealkylation sites (tertiary alicyclic amines) is 1. The van der Waals surface area contributed by atoms with Crippen molar-refractivity contribution >= 4 is 5.96 Å². The third-order valence-corrected chi connectivity index (χ3v) is 5.11. The van der Waals surface area contributed by atoms with Crippen LogP contribution in [0.1, 0.15) is 25.3 Å². The number of nitrogens with one attached hydrogen (secondary N) is 1. The summed E-state index contributed by atoms with van der Waals surface area (Å²) in [5.74, 6) is 3.11. The van der Waals surface area contributed by atoms with Crippen molar-refractivity contribution in [3.63, 3.8) is 0 Å². The van der Waals surface area contributed by atoms with Crippen molar-refractivity contribution in [2.75, 3.05) is 40.0 Å². The third-order valence-electron chi connectivity index (χ3n) is 5.11. The predicted octanol–water partition coefficient (Wildman–Crippen LogP) is 3.08. The Morgan fingerprint density at radius 1 is 1.13 bits per heavy atom. The Hall–Kier alpha value is -2.93. The summed E-state index contributed by atoms with van der Waals surface area (Å²) in [5.41, 5.74) is 1.03. The number of piperidine rings is 1. The van der Waals surface area contributed by atoms with Crippen molar-refractivity contribution in [3.8, 4) is 17.2 Å². The summed E-state index contributed by atoms with van der Waals surface area (Å²) in [7, 11) is 1.61. The molecule has 168 valence electrons. The van der Waals surface area contributed by atoms with Crippen LogP contribution in [-0.4, -0.2) is 62.0 Å². The zero-order valence-electron chi connectivity index (χ0n) is 18.4. The fourth-order valence-corrected chi connectivity index (χ4v) is 3.55. The molecule has 0 atom stereocenters. The molecule has 0 spiro atoms. The molecule has 0 bridgehead atoms. The molecule has 1 saturated heterocycles. The quantitative estimate of drug-likeness (QED) is 0.473. The molecule has 0 amide bonds. The first-order valence-electron chi connectivity index (χ1n) is 10.9. The average molecular weight is 428 g/mol. The minimum absolute atomic E-state index is 0.0334. The molecule has 0 saturated carbocycles. The van der Waals surface area contributed by atoms with Crippen molar-refractivity contribution in [3.05, 3.63) is 54.1 Å². The van der Waals surface area contributed by atoms with Gasteiger partial charge in [-0.1, -0.05) is 24.3 Å². The SMILES string of the molecule is CCNC(=NCc1ccc(OCCO)c(OC)c1)N1CCC(Oc2ccccc2)CC1. The van der Waals surface area contributed by atoms with E-state index < -0.39 is 0 Å². The molecule has 0 aliphatic carbocycles. The van der Waals surface area contributed by atoms with Crippen molar-refractivity contribution in [1.82, 2.24) is 10.2 Å². The number of rotatable bonds is 9. The van der Waals surface area contributed by atoms with Crippen LogP contribution in [0.15, 0.2) is 53.5 Å². The number of aliphatic hydroxyl groups excluding tert-OH is 1. The fraction of sp³-hybridized carbons (Fsp3) is 0.458. The van der Waals surface area contributed by atoms with E-state index in [-0.39, 0.29) is 19.3 Å². The van der Waals surface area contributed by atoms with Gasteiger partial charge in [-0.05, 0) is 36.8 Å². The molecule has 0 unspecified atom stereocenters. The second-order valence-electron chi connectivity index (χ2n) is 7.34. The van der Waals surface area contributed by atoms with Gasteiger partial charge in [-0.3, -0.25) is 0 Å². The summed E-state index contributed by atoms with van der Waals surface area (Å²) < 4.78 is 17.0. The standard InChI is InChI=1S/C24H33N3O4/c1-3-25-24(26-18-19-9-10-22(30-16-15-28)23(17-19)29-2)27-13-11-21(12-14-27)31-20-7-5-4-6-8-20/h4-10,17,21,28H,3,11-16,18H2,1-2H3,(H,25,26). The first-order chi connectivity index (χ1) is 15.2. The van der Waals surface area contributed by atoms with Gasteiger partial charge in [0.05, 0.1) is 20.3 Å². The molecule has 7 nitrogen and oxygen atoms in total. The van der Waals surface area contributed by atoms with Crippen LogP contribution in [0, 0.1) is 0 Å². The molecule has 2 aromatic rings. The average Bonchev–Trinajstić information content (AvgIpc) is 2.82. The molecule has 0 radical (unpaired) electrons. The molecule has 1 fully saturated rings. The lowest BCUT2D eigenvalue weighted by Crippen LogP contribution is -2.47. The highest BCUT2D eigenvalue weighted by molar-refractivity contribution is 5.80. The van der Waals surface area contributed by atoms with Crippen molar-refractivity contribution < 1.29 is 19.3 Å². The van der Waals surface area contributed by atoms with Crippen LogP contribution in [0.5, 0.6) is 17.2 Å². The van der Waals surface area contributed by atoms with Gasteiger partial charge in [-0.2, -0.15) is 0 Å². The zero-order valence-corrected chi connectivity index (χ0v) is 18.4. The Bertz CT molecular complexity index is 821. The van der Waals surface area contributed by atoms with Gasteiger partial charge in [0.1, 0.15) is 18.5 Å². The molecule has 1 aliphatic rings. The van der Waals surface area contributed by atoms with Gasteiger partial charge in [0.2, 0.25) is 0 Å². The van der Waals surface area contributed by atoms with E-state index in [0.717, 1.165) is 49.7 Å². The molecule has 1 heterocycles. The van der Waals surface area contributed by atoms with E-state index in [1.165, 1.54) is 0 Å². The highest BCUT2D eigenvalue weighted by atomic mass is 16.5.